The number of nitrogens with zero attached hydrogens (tertiary/aromatic N) is 3. The molecule has 0 aliphatic carbocycles. The van der Waals surface area contributed by atoms with Crippen LogP contribution in [0.2, 0.25) is 0 Å². The van der Waals surface area contributed by atoms with Gasteiger partial charge in [0, 0.05) is 23.5 Å². The topological polar surface area (TPSA) is 41.1 Å². The van der Waals surface area contributed by atoms with Gasteiger partial charge in [0.15, 0.2) is 0 Å². The smallest absolute Gasteiger partial charge is 0.115 e. The van der Waals surface area contributed by atoms with E-state index in [9.17, 15) is 0 Å². The lowest BCUT2D eigenvalue weighted by Gasteiger charge is -2.40. The minimum Gasteiger partial charge on any atom is -0.311 e. The van der Waals surface area contributed by atoms with Crippen molar-refractivity contribution in [1.82, 2.24) is 20.2 Å². The molecule has 0 radical (unpaired) electrons. The Morgan fingerprint density at radius 2 is 1.80 bits per heavy atom. The molecule has 0 bridgehead atoms. The van der Waals surface area contributed by atoms with Gasteiger partial charge < -0.3 is 10.2 Å². The van der Waals surface area contributed by atoms with E-state index in [4.69, 9.17) is 0 Å². The van der Waals surface area contributed by atoms with Crippen LogP contribution >= 0.6 is 0 Å². The van der Waals surface area contributed by atoms with Crippen LogP contribution in [0.15, 0.2) is 18.7 Å². The second-order valence-corrected chi connectivity index (χ2v) is 4.44. The van der Waals surface area contributed by atoms with E-state index in [2.05, 4.69) is 48.1 Å². The number of hydrogen-bond donors (Lipinski definition) is 1. The zero-order valence-corrected chi connectivity index (χ0v) is 10.2. The Balaban J connectivity index is 2.99. The first-order chi connectivity index (χ1) is 7.00. The maximum absolute atomic E-state index is 4.06. The lowest BCUT2D eigenvalue weighted by Crippen LogP contribution is -2.48. The van der Waals surface area contributed by atoms with Crippen LogP contribution in [0.3, 0.4) is 0 Å². The van der Waals surface area contributed by atoms with Gasteiger partial charge in [-0.2, -0.15) is 0 Å². The van der Waals surface area contributed by atoms with Gasteiger partial charge in [0.1, 0.15) is 6.33 Å². The monoisotopic (exact) mass is 208 g/mol. The van der Waals surface area contributed by atoms with Gasteiger partial charge in [-0.25, -0.2) is 9.97 Å². The molecule has 0 amide bonds. The molecule has 0 saturated carbocycles. The quantitative estimate of drug-likeness (QED) is 0.804. The third-order valence-electron chi connectivity index (χ3n) is 3.06. The molecule has 0 fully saturated rings. The third-order valence-corrected chi connectivity index (χ3v) is 3.06. The molecule has 1 aromatic rings. The summed E-state index contributed by atoms with van der Waals surface area (Å²) in [4.78, 5) is 10.3. The van der Waals surface area contributed by atoms with Gasteiger partial charge in [-0.3, -0.25) is 0 Å². The molecular weight excluding hydrogens is 188 g/mol. The summed E-state index contributed by atoms with van der Waals surface area (Å²) in [5, 5.41) is 3.32. The van der Waals surface area contributed by atoms with Crippen molar-refractivity contribution in [2.75, 3.05) is 21.1 Å². The van der Waals surface area contributed by atoms with Crippen LogP contribution in [0.1, 0.15) is 25.5 Å². The van der Waals surface area contributed by atoms with Crippen LogP contribution in [0.4, 0.5) is 0 Å². The van der Waals surface area contributed by atoms with Gasteiger partial charge in [0.25, 0.3) is 0 Å². The largest absolute Gasteiger partial charge is 0.311 e. The van der Waals surface area contributed by atoms with Crippen LogP contribution in [0.5, 0.6) is 0 Å². The van der Waals surface area contributed by atoms with Gasteiger partial charge >= 0.3 is 0 Å². The van der Waals surface area contributed by atoms with Gasteiger partial charge in [-0.1, -0.05) is 0 Å². The molecule has 0 spiro atoms. The molecule has 1 atom stereocenters. The minimum absolute atomic E-state index is 0.0134. The predicted molar refractivity (Wildman–Crippen MR) is 61.6 cm³/mol. The van der Waals surface area contributed by atoms with Crippen molar-refractivity contribution >= 4 is 0 Å². The first-order valence-electron chi connectivity index (χ1n) is 5.09. The summed E-state index contributed by atoms with van der Waals surface area (Å²) in [5.41, 5.74) is 1.12. The third kappa shape index (κ3) is 2.52. The molecule has 1 N–H and O–H groups in total. The maximum atomic E-state index is 4.06. The Morgan fingerprint density at radius 3 is 2.20 bits per heavy atom. The summed E-state index contributed by atoms with van der Waals surface area (Å²) >= 11 is 0. The molecule has 1 heterocycles. The molecule has 4 heteroatoms. The number of nitrogens with one attached hydrogen (secondary N) is 1. The summed E-state index contributed by atoms with van der Waals surface area (Å²) in [5.74, 6) is 0. The van der Waals surface area contributed by atoms with Crippen LogP contribution in [-0.2, 0) is 0 Å². The molecule has 0 aromatic carbocycles. The summed E-state index contributed by atoms with van der Waals surface area (Å²) in [6.07, 6.45) is 5.28. The lowest BCUT2D eigenvalue weighted by molar-refractivity contribution is 0.142. The van der Waals surface area contributed by atoms with E-state index >= 15 is 0 Å². The molecule has 1 unspecified atom stereocenters. The molecule has 0 aliphatic heterocycles. The highest BCUT2D eigenvalue weighted by molar-refractivity contribution is 5.15. The van der Waals surface area contributed by atoms with Crippen LogP contribution < -0.4 is 5.32 Å². The highest BCUT2D eigenvalue weighted by Gasteiger charge is 2.31. The number of likely N-dealkylation sites (N-methyl/N-ethyl adjacent to an activating group) is 2. The van der Waals surface area contributed by atoms with Gasteiger partial charge in [-0.05, 0) is 35.0 Å². The standard InChI is InChI=1S/C11H20N4/c1-11(2,15(4)5)10(12-3)9-6-13-8-14-7-9/h6-8,10,12H,1-5H3. The highest BCUT2D eigenvalue weighted by atomic mass is 15.2. The van der Waals surface area contributed by atoms with Crippen molar-refractivity contribution in [2.24, 2.45) is 0 Å². The molecule has 84 valence electrons. The fraction of sp³-hybridized carbons (Fsp3) is 0.636. The number of rotatable bonds is 4. The molecule has 4 nitrogen and oxygen atoms in total. The van der Waals surface area contributed by atoms with E-state index < -0.39 is 0 Å². The average Bonchev–Trinajstić information content (AvgIpc) is 2.19. The zero-order chi connectivity index (χ0) is 11.5. The van der Waals surface area contributed by atoms with Crippen molar-refractivity contribution in [3.05, 3.63) is 24.3 Å². The second-order valence-electron chi connectivity index (χ2n) is 4.44. The number of hydrogen-bond acceptors (Lipinski definition) is 4. The van der Waals surface area contributed by atoms with E-state index in [0.717, 1.165) is 5.56 Å². The molecule has 15 heavy (non-hydrogen) atoms. The van der Waals surface area contributed by atoms with E-state index in [1.54, 1.807) is 6.33 Å². The van der Waals surface area contributed by atoms with E-state index in [1.165, 1.54) is 0 Å². The average molecular weight is 208 g/mol. The molecule has 0 aliphatic rings. The summed E-state index contributed by atoms with van der Waals surface area (Å²) in [6, 6.07) is 0.216. The van der Waals surface area contributed by atoms with Crippen LogP contribution in [0, 0.1) is 0 Å². The summed E-state index contributed by atoms with van der Waals surface area (Å²) < 4.78 is 0. The Kier molecular flexibility index (Phi) is 3.77. The SMILES string of the molecule is CNC(c1cncnc1)C(C)(C)N(C)C. The Labute approximate surface area is 91.7 Å². The van der Waals surface area contributed by atoms with Crippen LogP contribution in [0.25, 0.3) is 0 Å². The first kappa shape index (κ1) is 12.1. The Bertz CT molecular complexity index is 295. The normalized spacial score (nSPS) is 14.3. The maximum Gasteiger partial charge on any atom is 0.115 e. The van der Waals surface area contributed by atoms with Crippen molar-refractivity contribution in [3.8, 4) is 0 Å². The molecule has 1 aromatic heterocycles. The van der Waals surface area contributed by atoms with E-state index in [0.29, 0.717) is 0 Å². The highest BCUT2D eigenvalue weighted by Crippen LogP contribution is 2.27. The molecule has 0 saturated heterocycles. The van der Waals surface area contributed by atoms with Crippen LogP contribution in [-0.4, -0.2) is 41.5 Å². The van der Waals surface area contributed by atoms with Gasteiger partial charge in [-0.15, -0.1) is 0 Å². The van der Waals surface area contributed by atoms with Gasteiger partial charge in [0.05, 0.1) is 6.04 Å². The van der Waals surface area contributed by atoms with Crippen molar-refractivity contribution in [1.29, 1.82) is 0 Å². The Morgan fingerprint density at radius 1 is 1.27 bits per heavy atom. The van der Waals surface area contributed by atoms with E-state index in [1.807, 2.05) is 19.4 Å². The zero-order valence-electron chi connectivity index (χ0n) is 10.2. The predicted octanol–water partition coefficient (Wildman–Crippen LogP) is 1.08. The van der Waals surface area contributed by atoms with Gasteiger partial charge in [0.2, 0.25) is 0 Å². The Hall–Kier alpha value is -1.00. The van der Waals surface area contributed by atoms with Crippen molar-refractivity contribution in [3.63, 3.8) is 0 Å². The second kappa shape index (κ2) is 4.68. The van der Waals surface area contributed by atoms with Crippen molar-refractivity contribution < 1.29 is 0 Å². The minimum atomic E-state index is 0.0134. The summed E-state index contributed by atoms with van der Waals surface area (Å²) in [6.45, 7) is 4.39. The molecule has 1 rings (SSSR count). The first-order valence-corrected chi connectivity index (χ1v) is 5.09. The van der Waals surface area contributed by atoms with Crippen molar-refractivity contribution in [2.45, 2.75) is 25.4 Å². The van der Waals surface area contributed by atoms with E-state index in [-0.39, 0.29) is 11.6 Å². The lowest BCUT2D eigenvalue weighted by atomic mass is 9.89. The molecular formula is C11H20N4. The fourth-order valence-electron chi connectivity index (χ4n) is 1.65. The fourth-order valence-corrected chi connectivity index (χ4v) is 1.65. The number of aromatic nitrogens is 2. The summed E-state index contributed by atoms with van der Waals surface area (Å²) in [7, 11) is 6.12.